The zero-order valence-electron chi connectivity index (χ0n) is 50.9. The fraction of sp³-hybridized carbons (Fsp3) is 0.257. The van der Waals surface area contributed by atoms with Crippen LogP contribution in [0.25, 0.3) is 88.9 Å². The summed E-state index contributed by atoms with van der Waals surface area (Å²) in [7, 11) is 3.71. The molecule has 0 radical (unpaired) electrons. The second kappa shape index (κ2) is 26.8. The van der Waals surface area contributed by atoms with Crippen LogP contribution >= 0.6 is 0 Å². The summed E-state index contributed by atoms with van der Waals surface area (Å²) < 4.78 is 7.34. The van der Waals surface area contributed by atoms with Gasteiger partial charge >= 0.3 is 17.4 Å². The number of piperidine rings is 2. The number of isocyanates is 1. The average Bonchev–Trinajstić information content (AvgIpc) is 1.63. The number of rotatable bonds is 13. The van der Waals surface area contributed by atoms with Gasteiger partial charge in [-0.2, -0.15) is 10.2 Å². The van der Waals surface area contributed by atoms with Gasteiger partial charge in [0.15, 0.2) is 22.9 Å². The second-order valence-electron chi connectivity index (χ2n) is 22.8. The number of anilines is 2. The van der Waals surface area contributed by atoms with Crippen LogP contribution in [0.1, 0.15) is 62.7 Å². The number of urea groups is 1. The van der Waals surface area contributed by atoms with Crippen LogP contribution < -0.4 is 27.7 Å². The maximum Gasteiger partial charge on any atom is 0.326 e. The van der Waals surface area contributed by atoms with E-state index in [4.69, 9.17) is 20.5 Å². The van der Waals surface area contributed by atoms with Gasteiger partial charge in [0.2, 0.25) is 6.08 Å². The van der Waals surface area contributed by atoms with E-state index in [0.29, 0.717) is 30.4 Å². The molecule has 0 unspecified atom stereocenters. The van der Waals surface area contributed by atoms with E-state index in [1.165, 1.54) is 17.2 Å². The number of hydrogen-bond acceptors (Lipinski definition) is 12. The number of benzene rings is 6. The Morgan fingerprint density at radius 1 is 0.578 bits per heavy atom. The zero-order valence-corrected chi connectivity index (χ0v) is 50.9. The second-order valence-corrected chi connectivity index (χ2v) is 22.8. The SMILES string of the molecule is CCN=C=O.CCNC(=O)Nc1nn(C)c2nc(-c3ccc(CN4CCC(n5c(=O)[nH]c6ccccc65)CC4)cc3)c(-c3ccccc3)cc12.Cn1nc(N)c2cc(-c3ccccc3)c(-c3ccc(CN4CCC(n5c(=O)[nH]c6ccccc65)CC4)cc3)nc21. The van der Waals surface area contributed by atoms with E-state index in [0.717, 1.165) is 148 Å². The largest absolute Gasteiger partial charge is 0.382 e. The number of imidazole rings is 2. The number of fused-ring (bicyclic) bond motifs is 4. The van der Waals surface area contributed by atoms with Crippen molar-refractivity contribution in [3.63, 3.8) is 0 Å². The van der Waals surface area contributed by atoms with Gasteiger partial charge in [0.1, 0.15) is 0 Å². The number of amides is 2. The Kier molecular flexibility index (Phi) is 17.8. The number of aromatic nitrogens is 10. The summed E-state index contributed by atoms with van der Waals surface area (Å²) in [5, 5.41) is 16.2. The Balaban J connectivity index is 0.000000163. The first-order chi connectivity index (χ1) is 43.9. The first-order valence-electron chi connectivity index (χ1n) is 30.7. The maximum atomic E-state index is 12.7. The normalized spacial score (nSPS) is 14.0. The number of carbonyl (C=O) groups is 1. The van der Waals surface area contributed by atoms with E-state index < -0.39 is 0 Å². The number of carbonyl (C=O) groups excluding carboxylic acids is 2. The summed E-state index contributed by atoms with van der Waals surface area (Å²) in [6, 6.07) is 58.0. The minimum absolute atomic E-state index is 0.00859. The number of likely N-dealkylation sites (tertiary alicyclic amines) is 2. The first-order valence-corrected chi connectivity index (χ1v) is 30.7. The van der Waals surface area contributed by atoms with Crippen LogP contribution in [0.4, 0.5) is 16.4 Å². The van der Waals surface area contributed by atoms with Crippen LogP contribution in [0.3, 0.4) is 0 Å². The van der Waals surface area contributed by atoms with E-state index in [1.807, 2.05) is 115 Å². The van der Waals surface area contributed by atoms with Crippen LogP contribution in [0.15, 0.2) is 184 Å². The highest BCUT2D eigenvalue weighted by Gasteiger charge is 2.26. The highest BCUT2D eigenvalue weighted by molar-refractivity contribution is 6.01. The van der Waals surface area contributed by atoms with Crippen molar-refractivity contribution < 1.29 is 9.59 Å². The van der Waals surface area contributed by atoms with Crippen molar-refractivity contribution in [1.29, 1.82) is 0 Å². The molecule has 2 aliphatic heterocycles. The lowest BCUT2D eigenvalue weighted by molar-refractivity contribution is 0.180. The number of nitrogen functional groups attached to an aromatic ring is 1. The standard InChI is InChI=1S/C35H36N8O2.C32H31N7O.C3H5NO/c1-3-36-34(44)39-32-28-21-27(24-9-5-4-6-10-24)31(38-33(28)41(2)40-32)25-15-13-23(14-16-25)22-42-19-17-26(18-20-42)43-30-12-8-7-11-29(30)37-35(43)45;1-37-31-26(30(33)36-37)19-25(22-7-3-2-4-8-22)29(35-31)23-13-11-21(12-14-23)20-38-17-15-24(16-18-38)39-28-10-6-5-9-27(28)34-32(39)40;1-2-4-3-5/h4-16,21,26H,3,17-20,22H2,1-2H3,(H,37,45)(H2,36,39,40,44);2-14,19,24H,15-18,20H2,1H3,(H2,33,36)(H,34,40);2H2,1H3. The molecule has 456 valence electrons. The summed E-state index contributed by atoms with van der Waals surface area (Å²) in [4.78, 5) is 71.0. The van der Waals surface area contributed by atoms with Crippen molar-refractivity contribution in [2.24, 2.45) is 19.1 Å². The highest BCUT2D eigenvalue weighted by Crippen LogP contribution is 2.38. The molecule has 2 fully saturated rings. The average molecular weight is 1200 g/mol. The van der Waals surface area contributed by atoms with Crippen molar-refractivity contribution in [2.45, 2.75) is 64.7 Å². The van der Waals surface area contributed by atoms with E-state index in [2.05, 4.69) is 131 Å². The number of H-pyrrole nitrogens is 2. The van der Waals surface area contributed by atoms with Gasteiger partial charge in [0.05, 0.1) is 44.2 Å². The third-order valence-electron chi connectivity index (χ3n) is 17.0. The predicted octanol–water partition coefficient (Wildman–Crippen LogP) is 11.6. The van der Waals surface area contributed by atoms with Crippen molar-refractivity contribution in [3.05, 3.63) is 202 Å². The smallest absolute Gasteiger partial charge is 0.326 e. The molecule has 6 aromatic carbocycles. The summed E-state index contributed by atoms with van der Waals surface area (Å²) >= 11 is 0. The van der Waals surface area contributed by atoms with Crippen LogP contribution in [0, 0.1) is 0 Å². The molecule has 20 nitrogen and oxygen atoms in total. The molecular weight excluding hydrogens is 1130 g/mol. The molecule has 8 heterocycles. The number of aliphatic imine (C=N–C) groups is 1. The van der Waals surface area contributed by atoms with Crippen molar-refractivity contribution in [2.75, 3.05) is 50.3 Å². The number of aromatic amines is 2. The van der Waals surface area contributed by atoms with Crippen LogP contribution in [-0.4, -0.2) is 110 Å². The molecule has 0 saturated carbocycles. The minimum Gasteiger partial charge on any atom is -0.382 e. The molecule has 6 N–H and O–H groups in total. The van der Waals surface area contributed by atoms with Gasteiger partial charge in [-0.3, -0.25) is 24.3 Å². The molecule has 2 saturated heterocycles. The molecule has 2 aliphatic rings. The lowest BCUT2D eigenvalue weighted by atomic mass is 9.97. The molecule has 0 spiro atoms. The lowest BCUT2D eigenvalue weighted by Gasteiger charge is -2.32. The van der Waals surface area contributed by atoms with Crippen molar-refractivity contribution in [1.82, 2.24) is 63.7 Å². The van der Waals surface area contributed by atoms with E-state index in [-0.39, 0.29) is 29.5 Å². The minimum atomic E-state index is -0.297. The number of pyridine rings is 2. The number of aryl methyl sites for hydroxylation is 2. The van der Waals surface area contributed by atoms with Crippen LogP contribution in [0.2, 0.25) is 0 Å². The Labute approximate surface area is 519 Å². The maximum absolute atomic E-state index is 12.7. The summed E-state index contributed by atoms with van der Waals surface area (Å²) in [6.07, 6.45) is 5.18. The highest BCUT2D eigenvalue weighted by atomic mass is 16.2. The topological polar surface area (TPSA) is 240 Å². The van der Waals surface area contributed by atoms with Crippen molar-refractivity contribution >= 4 is 67.9 Å². The Morgan fingerprint density at radius 3 is 1.46 bits per heavy atom. The van der Waals surface area contributed by atoms with Gasteiger partial charge in [-0.25, -0.2) is 43.5 Å². The van der Waals surface area contributed by atoms with Crippen molar-refractivity contribution in [3.8, 4) is 44.8 Å². The number of hydrogen-bond donors (Lipinski definition) is 5. The molecule has 0 aliphatic carbocycles. The van der Waals surface area contributed by atoms with Gasteiger partial charge < -0.3 is 21.0 Å². The number of nitrogens with zero attached hydrogens (tertiary/aromatic N) is 11. The summed E-state index contributed by atoms with van der Waals surface area (Å²) in [6.45, 7) is 10.2. The van der Waals surface area contributed by atoms with Gasteiger partial charge in [-0.1, -0.05) is 133 Å². The van der Waals surface area contributed by atoms with Gasteiger partial charge in [-0.05, 0) is 98.2 Å². The Hall–Kier alpha value is -10.5. The molecule has 90 heavy (non-hydrogen) atoms. The third kappa shape index (κ3) is 12.8. The monoisotopic (exact) mass is 1200 g/mol. The molecule has 2 amide bonds. The lowest BCUT2D eigenvalue weighted by Crippen LogP contribution is -2.36. The predicted molar refractivity (Wildman–Crippen MR) is 357 cm³/mol. The Bertz CT molecular complexity index is 4660. The molecule has 12 aromatic rings. The summed E-state index contributed by atoms with van der Waals surface area (Å²) in [5.41, 5.74) is 21.9. The van der Waals surface area contributed by atoms with Gasteiger partial charge in [-0.15, -0.1) is 0 Å². The van der Waals surface area contributed by atoms with Gasteiger partial charge in [0.25, 0.3) is 0 Å². The van der Waals surface area contributed by atoms with Crippen LogP contribution in [0.5, 0.6) is 0 Å². The molecule has 0 atom stereocenters. The zero-order chi connectivity index (χ0) is 62.3. The van der Waals surface area contributed by atoms with E-state index >= 15 is 0 Å². The van der Waals surface area contributed by atoms with Gasteiger partial charge in [0, 0.05) is 101 Å². The number of para-hydroxylation sites is 4. The number of nitrogens with one attached hydrogen (secondary N) is 4. The van der Waals surface area contributed by atoms with E-state index in [9.17, 15) is 14.4 Å². The number of nitrogens with two attached hydrogens (primary N) is 1. The first kappa shape index (κ1) is 59.8. The molecular formula is C70H72N16O4. The van der Waals surface area contributed by atoms with Crippen LogP contribution in [-0.2, 0) is 32.0 Å². The quantitative estimate of drug-likeness (QED) is 0.0537. The fourth-order valence-electron chi connectivity index (χ4n) is 12.6. The van der Waals surface area contributed by atoms with E-state index in [1.54, 1.807) is 16.3 Å². The molecule has 0 bridgehead atoms. The molecule has 14 rings (SSSR count). The molecule has 20 heteroatoms. The molecule has 6 aromatic heterocycles. The Morgan fingerprint density at radius 2 is 1.01 bits per heavy atom. The fourth-order valence-corrected chi connectivity index (χ4v) is 12.6. The third-order valence-corrected chi connectivity index (χ3v) is 17.0. The summed E-state index contributed by atoms with van der Waals surface area (Å²) in [5.74, 6) is 0.964.